The number of pyridine rings is 1. The number of aryl methyl sites for hydroxylation is 1. The van der Waals surface area contributed by atoms with Gasteiger partial charge in [-0.2, -0.15) is 10.2 Å². The lowest BCUT2D eigenvalue weighted by Gasteiger charge is -2.12. The number of methoxy groups -OCH3 is 1. The maximum atomic E-state index is 13.4. The molecule has 0 aliphatic rings. The second-order valence-electron chi connectivity index (χ2n) is 7.88. The Balaban J connectivity index is 1.75. The van der Waals surface area contributed by atoms with Crippen molar-refractivity contribution >= 4 is 23.3 Å². The van der Waals surface area contributed by atoms with Crippen molar-refractivity contribution in [2.24, 2.45) is 0 Å². The highest BCUT2D eigenvalue weighted by molar-refractivity contribution is 6.09. The average Bonchev–Trinajstić information content (AvgIpc) is 2.91. The van der Waals surface area contributed by atoms with Crippen molar-refractivity contribution < 1.29 is 19.0 Å². The van der Waals surface area contributed by atoms with Crippen LogP contribution < -0.4 is 25.1 Å². The van der Waals surface area contributed by atoms with Gasteiger partial charge in [-0.3, -0.25) is 14.0 Å². The molecule has 4 aromatic rings. The SMILES string of the molecule is CCOc1ccc(NC(=O)/C(C#N)=C/c2c(Oc3ccc(OC)cc3)nc3c(C)cccn3c2=O)cc1. The largest absolute Gasteiger partial charge is 0.497 e. The first-order valence-corrected chi connectivity index (χ1v) is 11.4. The van der Waals surface area contributed by atoms with Gasteiger partial charge >= 0.3 is 0 Å². The lowest BCUT2D eigenvalue weighted by molar-refractivity contribution is -0.112. The predicted molar refractivity (Wildman–Crippen MR) is 139 cm³/mol. The van der Waals surface area contributed by atoms with E-state index in [1.54, 1.807) is 67.9 Å². The minimum absolute atomic E-state index is 0.0360. The number of rotatable bonds is 8. The number of fused-ring (bicyclic) bond motifs is 1. The summed E-state index contributed by atoms with van der Waals surface area (Å²) in [5.41, 5.74) is 0.790. The molecule has 0 atom stereocenters. The second kappa shape index (κ2) is 11.1. The molecule has 2 heterocycles. The highest BCUT2D eigenvalue weighted by Crippen LogP contribution is 2.26. The van der Waals surface area contributed by atoms with Gasteiger partial charge in [0.15, 0.2) is 0 Å². The number of nitriles is 1. The number of aromatic nitrogens is 2. The van der Waals surface area contributed by atoms with Gasteiger partial charge in [0.05, 0.1) is 13.7 Å². The Morgan fingerprint density at radius 3 is 2.41 bits per heavy atom. The molecule has 9 heteroatoms. The molecule has 9 nitrogen and oxygen atoms in total. The van der Waals surface area contributed by atoms with E-state index in [4.69, 9.17) is 14.2 Å². The van der Waals surface area contributed by atoms with Crippen molar-refractivity contribution in [3.8, 4) is 29.2 Å². The summed E-state index contributed by atoms with van der Waals surface area (Å²) in [6.07, 6.45) is 2.76. The molecular formula is C28H24N4O5. The van der Waals surface area contributed by atoms with Crippen molar-refractivity contribution in [2.75, 3.05) is 19.0 Å². The highest BCUT2D eigenvalue weighted by atomic mass is 16.5. The molecule has 186 valence electrons. The quantitative estimate of drug-likeness (QED) is 0.277. The summed E-state index contributed by atoms with van der Waals surface area (Å²) in [6, 6.07) is 18.9. The number of benzene rings is 2. The van der Waals surface area contributed by atoms with Crippen LogP contribution in [0.2, 0.25) is 0 Å². The lowest BCUT2D eigenvalue weighted by atomic mass is 10.1. The van der Waals surface area contributed by atoms with Gasteiger partial charge in [-0.1, -0.05) is 6.07 Å². The number of amides is 1. The smallest absolute Gasteiger partial charge is 0.269 e. The van der Waals surface area contributed by atoms with Gasteiger partial charge in [0.2, 0.25) is 5.88 Å². The molecule has 0 unspecified atom stereocenters. The summed E-state index contributed by atoms with van der Waals surface area (Å²) >= 11 is 0. The molecule has 2 aromatic carbocycles. The van der Waals surface area contributed by atoms with Crippen molar-refractivity contribution in [3.63, 3.8) is 0 Å². The van der Waals surface area contributed by atoms with Crippen molar-refractivity contribution in [1.29, 1.82) is 5.26 Å². The summed E-state index contributed by atoms with van der Waals surface area (Å²) in [5.74, 6) is 0.967. The van der Waals surface area contributed by atoms with E-state index in [2.05, 4.69) is 10.3 Å². The fraction of sp³-hybridized carbons (Fsp3) is 0.143. The van der Waals surface area contributed by atoms with Crippen LogP contribution in [0.3, 0.4) is 0 Å². The number of nitrogens with one attached hydrogen (secondary N) is 1. The lowest BCUT2D eigenvalue weighted by Crippen LogP contribution is -2.20. The number of hydrogen-bond acceptors (Lipinski definition) is 7. The Labute approximate surface area is 213 Å². The van der Waals surface area contributed by atoms with E-state index in [-0.39, 0.29) is 17.0 Å². The zero-order valence-corrected chi connectivity index (χ0v) is 20.5. The van der Waals surface area contributed by atoms with Crippen molar-refractivity contribution in [3.05, 3.63) is 93.9 Å². The van der Waals surface area contributed by atoms with Gasteiger partial charge in [-0.05, 0) is 80.1 Å². The Morgan fingerprint density at radius 2 is 1.76 bits per heavy atom. The third-order valence-corrected chi connectivity index (χ3v) is 5.40. The number of nitrogens with zero attached hydrogens (tertiary/aromatic N) is 3. The van der Waals surface area contributed by atoms with E-state index in [0.717, 1.165) is 5.56 Å². The number of ether oxygens (including phenoxy) is 3. The summed E-state index contributed by atoms with van der Waals surface area (Å²) in [6.45, 7) is 4.21. The first-order chi connectivity index (χ1) is 17.9. The third-order valence-electron chi connectivity index (χ3n) is 5.40. The van der Waals surface area contributed by atoms with Gasteiger partial charge in [-0.15, -0.1) is 0 Å². The van der Waals surface area contributed by atoms with Gasteiger partial charge in [0.25, 0.3) is 11.5 Å². The monoisotopic (exact) mass is 496 g/mol. The van der Waals surface area contributed by atoms with E-state index < -0.39 is 11.5 Å². The van der Waals surface area contributed by atoms with Crippen LogP contribution >= 0.6 is 0 Å². The Kier molecular flexibility index (Phi) is 7.50. The normalized spacial score (nSPS) is 11.0. The molecule has 1 amide bonds. The average molecular weight is 497 g/mol. The summed E-state index contributed by atoms with van der Waals surface area (Å²) in [4.78, 5) is 30.9. The molecule has 37 heavy (non-hydrogen) atoms. The molecule has 0 spiro atoms. The van der Waals surface area contributed by atoms with E-state index in [0.29, 0.717) is 35.2 Å². The molecule has 0 bridgehead atoms. The molecule has 0 radical (unpaired) electrons. The molecule has 2 aromatic heterocycles. The third kappa shape index (κ3) is 5.60. The first kappa shape index (κ1) is 25.0. The van der Waals surface area contributed by atoms with E-state index >= 15 is 0 Å². The van der Waals surface area contributed by atoms with Gasteiger partial charge in [0.1, 0.15) is 40.1 Å². The standard InChI is InChI=1S/C28H24N4O5/c1-4-36-22-9-7-20(8-10-22)30-26(33)19(17-29)16-24-27(37-23-13-11-21(35-3)12-14-23)31-25-18(2)6-5-15-32(25)28(24)34/h5-16H,4H2,1-3H3,(H,30,33)/b19-16+. The zero-order valence-electron chi connectivity index (χ0n) is 20.5. The maximum absolute atomic E-state index is 13.4. The van der Waals surface area contributed by atoms with E-state index in [1.165, 1.54) is 10.5 Å². The Bertz CT molecular complexity index is 1570. The van der Waals surface area contributed by atoms with Crippen LogP contribution in [0, 0.1) is 18.3 Å². The number of carbonyl (C=O) groups excluding carboxylic acids is 1. The zero-order chi connectivity index (χ0) is 26.4. The van der Waals surface area contributed by atoms with Crippen molar-refractivity contribution in [1.82, 2.24) is 9.38 Å². The molecule has 0 aliphatic carbocycles. The summed E-state index contributed by atoms with van der Waals surface area (Å²) in [5, 5.41) is 12.4. The van der Waals surface area contributed by atoms with Crippen LogP contribution in [0.5, 0.6) is 23.1 Å². The molecular weight excluding hydrogens is 472 g/mol. The van der Waals surface area contributed by atoms with E-state index in [1.807, 2.05) is 26.0 Å². The fourth-order valence-corrected chi connectivity index (χ4v) is 3.54. The van der Waals surface area contributed by atoms with Crippen LogP contribution in [-0.4, -0.2) is 29.0 Å². The second-order valence-corrected chi connectivity index (χ2v) is 7.88. The van der Waals surface area contributed by atoms with Crippen LogP contribution in [-0.2, 0) is 4.79 Å². The van der Waals surface area contributed by atoms with Crippen LogP contribution in [0.15, 0.2) is 77.2 Å². The maximum Gasteiger partial charge on any atom is 0.269 e. The number of carbonyl (C=O) groups is 1. The molecule has 0 fully saturated rings. The van der Waals surface area contributed by atoms with Crippen LogP contribution in [0.4, 0.5) is 5.69 Å². The predicted octanol–water partition coefficient (Wildman–Crippen LogP) is 4.75. The van der Waals surface area contributed by atoms with Gasteiger partial charge < -0.3 is 19.5 Å². The van der Waals surface area contributed by atoms with Crippen LogP contribution in [0.1, 0.15) is 18.1 Å². The molecule has 4 rings (SSSR count). The van der Waals surface area contributed by atoms with Gasteiger partial charge in [-0.25, -0.2) is 0 Å². The minimum Gasteiger partial charge on any atom is -0.497 e. The van der Waals surface area contributed by atoms with Crippen LogP contribution in [0.25, 0.3) is 11.7 Å². The minimum atomic E-state index is -0.684. The summed E-state index contributed by atoms with van der Waals surface area (Å²) < 4.78 is 17.9. The Morgan fingerprint density at radius 1 is 1.08 bits per heavy atom. The first-order valence-electron chi connectivity index (χ1n) is 11.4. The number of anilines is 1. The molecule has 0 saturated carbocycles. The van der Waals surface area contributed by atoms with Crippen molar-refractivity contribution in [2.45, 2.75) is 13.8 Å². The Hall–Kier alpha value is -5.10. The fourth-order valence-electron chi connectivity index (χ4n) is 3.54. The highest BCUT2D eigenvalue weighted by Gasteiger charge is 2.18. The number of hydrogen-bond donors (Lipinski definition) is 1. The molecule has 0 aliphatic heterocycles. The summed E-state index contributed by atoms with van der Waals surface area (Å²) in [7, 11) is 1.55. The molecule has 1 N–H and O–H groups in total. The van der Waals surface area contributed by atoms with E-state index in [9.17, 15) is 14.9 Å². The van der Waals surface area contributed by atoms with Gasteiger partial charge in [0, 0.05) is 11.9 Å². The topological polar surface area (TPSA) is 115 Å². The molecule has 0 saturated heterocycles.